The SMILES string of the molecule is O=C(C=Cc1cc(Cl)ccc1-n1cnnn1)N[C@@H](Cc1ccccc1)c1nc(-c2ccc(NCCN3CCOCC3)nc2)c(Cl)[nH]1. The van der Waals surface area contributed by atoms with Crippen LogP contribution in [0.1, 0.15) is 23.0 Å². The standard InChI is InChI=1S/C32H32Cl2N10O2/c33-25-8-9-27(44-21-37-41-42-44)23(19-25)7-11-29(45)38-26(18-22-4-2-1-3-5-22)32-39-30(31(34)40-32)24-6-10-28(36-20-24)35-12-13-43-14-16-46-17-15-43/h1-11,19-21,26H,12-18H2,(H,35,36)(H,38,45)(H,39,40)/t26-/m0/s1. The van der Waals surface area contributed by atoms with Crippen LogP contribution in [-0.2, 0) is 16.0 Å². The van der Waals surface area contributed by atoms with Crippen molar-refractivity contribution in [2.75, 3.05) is 44.7 Å². The van der Waals surface area contributed by atoms with Crippen molar-refractivity contribution in [3.05, 3.63) is 106 Å². The number of carbonyl (C=O) groups excluding carboxylic acids is 1. The number of aromatic nitrogens is 7. The fourth-order valence-corrected chi connectivity index (χ4v) is 5.55. The van der Waals surface area contributed by atoms with Crippen molar-refractivity contribution in [3.8, 4) is 16.9 Å². The summed E-state index contributed by atoms with van der Waals surface area (Å²) >= 11 is 12.9. The van der Waals surface area contributed by atoms with Crippen LogP contribution >= 0.6 is 23.2 Å². The summed E-state index contributed by atoms with van der Waals surface area (Å²) in [5.74, 6) is 0.968. The molecule has 0 unspecified atom stereocenters. The molecule has 46 heavy (non-hydrogen) atoms. The van der Waals surface area contributed by atoms with Gasteiger partial charge < -0.3 is 20.4 Å². The smallest absolute Gasteiger partial charge is 0.244 e. The maximum atomic E-state index is 13.3. The average Bonchev–Trinajstić information content (AvgIpc) is 3.75. The minimum Gasteiger partial charge on any atom is -0.379 e. The molecule has 0 spiro atoms. The first-order chi connectivity index (χ1) is 22.5. The van der Waals surface area contributed by atoms with Crippen LogP contribution in [0.2, 0.25) is 10.2 Å². The minimum atomic E-state index is -0.502. The molecule has 1 atom stereocenters. The lowest BCUT2D eigenvalue weighted by molar-refractivity contribution is -0.117. The van der Waals surface area contributed by atoms with E-state index in [9.17, 15) is 4.79 Å². The van der Waals surface area contributed by atoms with Crippen LogP contribution in [0.3, 0.4) is 0 Å². The number of imidazole rings is 1. The Morgan fingerprint density at radius 3 is 2.70 bits per heavy atom. The molecule has 236 valence electrons. The second-order valence-corrected chi connectivity index (χ2v) is 11.5. The number of halogens is 2. The zero-order valence-electron chi connectivity index (χ0n) is 24.8. The average molecular weight is 660 g/mol. The predicted molar refractivity (Wildman–Crippen MR) is 177 cm³/mol. The van der Waals surface area contributed by atoms with Crippen LogP contribution in [0.5, 0.6) is 0 Å². The Morgan fingerprint density at radius 1 is 1.09 bits per heavy atom. The van der Waals surface area contributed by atoms with E-state index in [4.69, 9.17) is 32.9 Å². The van der Waals surface area contributed by atoms with Gasteiger partial charge in [0.05, 0.1) is 24.9 Å². The number of amides is 1. The highest BCUT2D eigenvalue weighted by Gasteiger charge is 2.21. The van der Waals surface area contributed by atoms with Gasteiger partial charge in [0.15, 0.2) is 0 Å². The number of ether oxygens (including phenoxy) is 1. The summed E-state index contributed by atoms with van der Waals surface area (Å²) in [5, 5.41) is 18.7. The molecule has 14 heteroatoms. The van der Waals surface area contributed by atoms with Crippen LogP contribution < -0.4 is 10.6 Å². The van der Waals surface area contributed by atoms with E-state index in [0.29, 0.717) is 39.4 Å². The fraction of sp³-hybridized carbons (Fsp3) is 0.250. The van der Waals surface area contributed by atoms with Crippen LogP contribution in [0, 0.1) is 0 Å². The van der Waals surface area contributed by atoms with E-state index in [0.717, 1.165) is 56.3 Å². The molecule has 0 bridgehead atoms. The number of hydrogen-bond acceptors (Lipinski definition) is 9. The monoisotopic (exact) mass is 658 g/mol. The van der Waals surface area contributed by atoms with Crippen molar-refractivity contribution in [2.24, 2.45) is 0 Å². The van der Waals surface area contributed by atoms with Gasteiger partial charge in [-0.05, 0) is 58.8 Å². The summed E-state index contributed by atoms with van der Waals surface area (Å²) in [6.07, 6.45) is 6.81. The van der Waals surface area contributed by atoms with Crippen molar-refractivity contribution in [3.63, 3.8) is 0 Å². The molecular formula is C32H32Cl2N10O2. The number of H-pyrrole nitrogens is 1. The van der Waals surface area contributed by atoms with Gasteiger partial charge >= 0.3 is 0 Å². The zero-order valence-corrected chi connectivity index (χ0v) is 26.3. The van der Waals surface area contributed by atoms with Gasteiger partial charge in [0.1, 0.15) is 28.8 Å². The quantitative estimate of drug-likeness (QED) is 0.164. The number of morpholine rings is 1. The molecule has 2 aromatic carbocycles. The number of nitrogens with zero attached hydrogens (tertiary/aromatic N) is 7. The van der Waals surface area contributed by atoms with Crippen molar-refractivity contribution < 1.29 is 9.53 Å². The molecule has 5 aromatic rings. The fourth-order valence-electron chi connectivity index (χ4n) is 5.12. The van der Waals surface area contributed by atoms with Crippen LogP contribution in [0.25, 0.3) is 23.0 Å². The topological polar surface area (TPSA) is 139 Å². The first-order valence-electron chi connectivity index (χ1n) is 14.8. The first kappa shape index (κ1) is 31.4. The third-order valence-corrected chi connectivity index (χ3v) is 7.99. The molecule has 0 aliphatic carbocycles. The molecule has 1 aliphatic heterocycles. The van der Waals surface area contributed by atoms with Crippen LogP contribution in [-0.4, -0.2) is 85.4 Å². The first-order valence-corrected chi connectivity index (χ1v) is 15.6. The molecule has 3 aromatic heterocycles. The van der Waals surface area contributed by atoms with E-state index in [-0.39, 0.29) is 5.91 Å². The molecule has 6 rings (SSSR count). The second kappa shape index (κ2) is 15.1. The summed E-state index contributed by atoms with van der Waals surface area (Å²) < 4.78 is 6.91. The maximum absolute atomic E-state index is 13.3. The minimum absolute atomic E-state index is 0.327. The van der Waals surface area contributed by atoms with Crippen molar-refractivity contribution in [2.45, 2.75) is 12.5 Å². The highest BCUT2D eigenvalue weighted by molar-refractivity contribution is 6.32. The summed E-state index contributed by atoms with van der Waals surface area (Å²) in [6, 6.07) is 18.4. The van der Waals surface area contributed by atoms with E-state index >= 15 is 0 Å². The van der Waals surface area contributed by atoms with E-state index in [1.165, 1.54) is 17.1 Å². The Bertz CT molecular complexity index is 1760. The van der Waals surface area contributed by atoms with Gasteiger partial charge in [0.2, 0.25) is 5.91 Å². The van der Waals surface area contributed by atoms with Gasteiger partial charge in [0.25, 0.3) is 0 Å². The molecule has 0 radical (unpaired) electrons. The van der Waals surface area contributed by atoms with Gasteiger partial charge in [-0.1, -0.05) is 53.5 Å². The van der Waals surface area contributed by atoms with E-state index in [1.807, 2.05) is 42.5 Å². The Hall–Kier alpha value is -4.62. The molecular weight excluding hydrogens is 627 g/mol. The molecule has 1 amide bonds. The largest absolute Gasteiger partial charge is 0.379 e. The molecule has 0 saturated carbocycles. The van der Waals surface area contributed by atoms with Gasteiger partial charge in [-0.15, -0.1) is 5.10 Å². The lowest BCUT2D eigenvalue weighted by Crippen LogP contribution is -2.39. The highest BCUT2D eigenvalue weighted by Crippen LogP contribution is 2.29. The lowest BCUT2D eigenvalue weighted by atomic mass is 10.1. The molecule has 12 nitrogen and oxygen atoms in total. The predicted octanol–water partition coefficient (Wildman–Crippen LogP) is 4.61. The third-order valence-electron chi connectivity index (χ3n) is 7.48. The number of rotatable bonds is 12. The maximum Gasteiger partial charge on any atom is 0.244 e. The van der Waals surface area contributed by atoms with Gasteiger partial charge in [0, 0.05) is 54.6 Å². The number of anilines is 1. The Labute approximate surface area is 275 Å². The number of pyridine rings is 1. The van der Waals surface area contributed by atoms with Crippen LogP contribution in [0.4, 0.5) is 5.82 Å². The molecule has 1 fully saturated rings. The molecule has 1 saturated heterocycles. The normalized spacial score (nSPS) is 14.4. The summed E-state index contributed by atoms with van der Waals surface area (Å²) in [5.41, 5.74) is 3.68. The summed E-state index contributed by atoms with van der Waals surface area (Å²) in [4.78, 5) is 28.2. The number of nitrogens with one attached hydrogen (secondary N) is 3. The number of benzene rings is 2. The van der Waals surface area contributed by atoms with Gasteiger partial charge in [-0.2, -0.15) is 4.68 Å². The molecule has 3 N–H and O–H groups in total. The van der Waals surface area contributed by atoms with Gasteiger partial charge in [-0.25, -0.2) is 9.97 Å². The number of tetrazole rings is 1. The number of aromatic amines is 1. The number of hydrogen-bond donors (Lipinski definition) is 3. The Kier molecular flexibility index (Phi) is 10.3. The lowest BCUT2D eigenvalue weighted by Gasteiger charge is -2.26. The van der Waals surface area contributed by atoms with Crippen molar-refractivity contribution in [1.82, 2.24) is 45.4 Å². The zero-order chi connectivity index (χ0) is 31.7. The summed E-state index contributed by atoms with van der Waals surface area (Å²) in [6.45, 7) is 5.15. The van der Waals surface area contributed by atoms with Crippen molar-refractivity contribution in [1.29, 1.82) is 0 Å². The Morgan fingerprint density at radius 2 is 1.93 bits per heavy atom. The van der Waals surface area contributed by atoms with Crippen LogP contribution in [0.15, 0.2) is 79.3 Å². The van der Waals surface area contributed by atoms with Crippen molar-refractivity contribution >= 4 is 41.0 Å². The third kappa shape index (κ3) is 8.15. The van der Waals surface area contributed by atoms with E-state index in [1.54, 1.807) is 30.5 Å². The summed E-state index contributed by atoms with van der Waals surface area (Å²) in [7, 11) is 0. The molecule has 1 aliphatic rings. The molecule has 4 heterocycles. The highest BCUT2D eigenvalue weighted by atomic mass is 35.5. The van der Waals surface area contributed by atoms with E-state index < -0.39 is 6.04 Å². The van der Waals surface area contributed by atoms with E-state index in [2.05, 4.69) is 41.0 Å². The number of carbonyl (C=O) groups is 1. The van der Waals surface area contributed by atoms with Gasteiger partial charge in [-0.3, -0.25) is 9.69 Å². The second-order valence-electron chi connectivity index (χ2n) is 10.6. The Balaban J connectivity index is 1.17.